The van der Waals surface area contributed by atoms with Gasteiger partial charge in [0.25, 0.3) is 0 Å². The molecule has 5 heteroatoms. The van der Waals surface area contributed by atoms with Crippen LogP contribution in [0.3, 0.4) is 0 Å². The van der Waals surface area contributed by atoms with Gasteiger partial charge in [-0.1, -0.05) is 23.7 Å². The number of rotatable bonds is 1. The molecule has 0 fully saturated rings. The predicted molar refractivity (Wildman–Crippen MR) is 56.5 cm³/mol. The normalized spacial score (nSPS) is 10.5. The molecule has 2 rings (SSSR count). The summed E-state index contributed by atoms with van der Waals surface area (Å²) in [6.45, 7) is 0. The standard InChI is InChI=1S/C10H6ClNO3/c11-7-3-1-2-5-6(10(14)15)4-8(13)12-9(5)7/h1-4H,(H,12,13)(H,14,15). The molecule has 0 aliphatic rings. The number of hydrogen-bond acceptors (Lipinski definition) is 2. The maximum Gasteiger partial charge on any atom is 0.336 e. The van der Waals surface area contributed by atoms with Crippen LogP contribution in [-0.2, 0) is 0 Å². The Labute approximate surface area is 89.1 Å². The number of benzene rings is 1. The first kappa shape index (κ1) is 9.73. The summed E-state index contributed by atoms with van der Waals surface area (Å²) in [7, 11) is 0. The number of carbonyl (C=O) groups is 1. The van der Waals surface area contributed by atoms with Gasteiger partial charge in [0.1, 0.15) is 0 Å². The first-order valence-electron chi connectivity index (χ1n) is 4.14. The highest BCUT2D eigenvalue weighted by molar-refractivity contribution is 6.35. The van der Waals surface area contributed by atoms with Crippen molar-refractivity contribution in [3.8, 4) is 0 Å². The highest BCUT2D eigenvalue weighted by atomic mass is 35.5. The number of halogens is 1. The van der Waals surface area contributed by atoms with Crippen LogP contribution in [0.15, 0.2) is 29.1 Å². The second-order valence-electron chi connectivity index (χ2n) is 3.01. The summed E-state index contributed by atoms with van der Waals surface area (Å²) in [6.07, 6.45) is 0. The number of fused-ring (bicyclic) bond motifs is 1. The Balaban J connectivity index is 2.99. The molecule has 4 nitrogen and oxygen atoms in total. The molecule has 0 radical (unpaired) electrons. The summed E-state index contributed by atoms with van der Waals surface area (Å²) in [6, 6.07) is 5.86. The molecule has 0 amide bonds. The van der Waals surface area contributed by atoms with Crippen molar-refractivity contribution >= 4 is 28.5 Å². The number of nitrogens with one attached hydrogen (secondary N) is 1. The van der Waals surface area contributed by atoms with Gasteiger partial charge in [-0.2, -0.15) is 0 Å². The van der Waals surface area contributed by atoms with Gasteiger partial charge in [0.05, 0.1) is 16.1 Å². The second kappa shape index (κ2) is 3.40. The first-order chi connectivity index (χ1) is 7.09. The fourth-order valence-electron chi connectivity index (χ4n) is 1.42. The van der Waals surface area contributed by atoms with E-state index in [-0.39, 0.29) is 5.56 Å². The topological polar surface area (TPSA) is 70.2 Å². The number of pyridine rings is 1. The molecule has 0 bridgehead atoms. The van der Waals surface area contributed by atoms with E-state index >= 15 is 0 Å². The van der Waals surface area contributed by atoms with Crippen molar-refractivity contribution in [1.29, 1.82) is 0 Å². The quantitative estimate of drug-likeness (QED) is 0.776. The van der Waals surface area contributed by atoms with Crippen LogP contribution < -0.4 is 5.56 Å². The van der Waals surface area contributed by atoms with Gasteiger partial charge >= 0.3 is 5.97 Å². The second-order valence-corrected chi connectivity index (χ2v) is 3.42. The van der Waals surface area contributed by atoms with E-state index in [0.29, 0.717) is 15.9 Å². The SMILES string of the molecule is O=C(O)c1cc(=O)[nH]c2c(Cl)cccc12. The molecule has 2 N–H and O–H groups in total. The molecule has 2 aromatic rings. The molecule has 0 unspecified atom stereocenters. The first-order valence-corrected chi connectivity index (χ1v) is 4.52. The number of hydrogen-bond donors (Lipinski definition) is 2. The van der Waals surface area contributed by atoms with Crippen LogP contribution in [0.4, 0.5) is 0 Å². The molecule has 0 aliphatic carbocycles. The molecule has 0 atom stereocenters. The van der Waals surface area contributed by atoms with E-state index in [1.807, 2.05) is 0 Å². The average Bonchev–Trinajstić information content (AvgIpc) is 2.18. The van der Waals surface area contributed by atoms with Gasteiger partial charge in [-0.05, 0) is 6.07 Å². The van der Waals surface area contributed by atoms with E-state index in [1.165, 1.54) is 0 Å². The van der Waals surface area contributed by atoms with E-state index in [4.69, 9.17) is 16.7 Å². The van der Waals surface area contributed by atoms with E-state index in [0.717, 1.165) is 6.07 Å². The van der Waals surface area contributed by atoms with Crippen LogP contribution >= 0.6 is 11.6 Å². The Morgan fingerprint density at radius 1 is 1.40 bits per heavy atom. The van der Waals surface area contributed by atoms with Gasteiger partial charge in [0.15, 0.2) is 0 Å². The number of aromatic amines is 1. The van der Waals surface area contributed by atoms with Crippen LogP contribution in [0, 0.1) is 0 Å². The highest BCUT2D eigenvalue weighted by Crippen LogP contribution is 2.22. The number of carboxylic acid groups (broad SMARTS) is 1. The summed E-state index contributed by atoms with van der Waals surface area (Å²) < 4.78 is 0. The van der Waals surface area contributed by atoms with E-state index in [9.17, 15) is 9.59 Å². The van der Waals surface area contributed by atoms with Gasteiger partial charge in [-0.3, -0.25) is 4.79 Å². The van der Waals surface area contributed by atoms with Crippen molar-refractivity contribution in [3.05, 3.63) is 45.2 Å². The molecule has 0 saturated carbocycles. The minimum absolute atomic E-state index is 0.0451. The molecule has 1 heterocycles. The number of carboxylic acids is 1. The van der Waals surface area contributed by atoms with E-state index in [1.54, 1.807) is 18.2 Å². The molecule has 76 valence electrons. The molecule has 15 heavy (non-hydrogen) atoms. The highest BCUT2D eigenvalue weighted by Gasteiger charge is 2.11. The summed E-state index contributed by atoms with van der Waals surface area (Å²) in [5.41, 5.74) is -0.173. The Morgan fingerprint density at radius 2 is 2.13 bits per heavy atom. The van der Waals surface area contributed by atoms with Crippen LogP contribution in [-0.4, -0.2) is 16.1 Å². The Morgan fingerprint density at radius 3 is 2.80 bits per heavy atom. The fourth-order valence-corrected chi connectivity index (χ4v) is 1.64. The van der Waals surface area contributed by atoms with Crippen LogP contribution in [0.25, 0.3) is 10.9 Å². The van der Waals surface area contributed by atoms with Crippen LogP contribution in [0.1, 0.15) is 10.4 Å². The summed E-state index contributed by atoms with van der Waals surface area (Å²) in [5, 5.41) is 9.65. The third-order valence-corrected chi connectivity index (χ3v) is 2.37. The third kappa shape index (κ3) is 1.59. The fraction of sp³-hybridized carbons (Fsp3) is 0. The lowest BCUT2D eigenvalue weighted by molar-refractivity contribution is 0.0699. The van der Waals surface area contributed by atoms with Gasteiger partial charge in [0.2, 0.25) is 5.56 Å². The molecule has 0 spiro atoms. The molecular formula is C10H6ClNO3. The maximum atomic E-state index is 11.2. The Kier molecular flexibility index (Phi) is 2.21. The van der Waals surface area contributed by atoms with E-state index in [2.05, 4.69) is 4.98 Å². The van der Waals surface area contributed by atoms with Gasteiger partial charge in [-0.25, -0.2) is 4.79 Å². The summed E-state index contributed by atoms with van der Waals surface area (Å²) in [5.74, 6) is -1.15. The lowest BCUT2D eigenvalue weighted by Gasteiger charge is -2.02. The summed E-state index contributed by atoms with van der Waals surface area (Å²) >= 11 is 5.84. The predicted octanol–water partition coefficient (Wildman–Crippen LogP) is 1.88. The van der Waals surface area contributed by atoms with Crippen molar-refractivity contribution in [2.45, 2.75) is 0 Å². The summed E-state index contributed by atoms with van der Waals surface area (Å²) in [4.78, 5) is 24.6. The minimum Gasteiger partial charge on any atom is -0.478 e. The smallest absolute Gasteiger partial charge is 0.336 e. The third-order valence-electron chi connectivity index (χ3n) is 2.06. The van der Waals surface area contributed by atoms with Gasteiger partial charge < -0.3 is 10.1 Å². The number of aromatic carboxylic acids is 1. The van der Waals surface area contributed by atoms with Crippen molar-refractivity contribution in [3.63, 3.8) is 0 Å². The molecule has 0 saturated heterocycles. The molecule has 1 aromatic heterocycles. The average molecular weight is 224 g/mol. The largest absolute Gasteiger partial charge is 0.478 e. The zero-order chi connectivity index (χ0) is 11.0. The van der Waals surface area contributed by atoms with Crippen LogP contribution in [0.2, 0.25) is 5.02 Å². The van der Waals surface area contributed by atoms with Gasteiger partial charge in [-0.15, -0.1) is 0 Å². The molecule has 1 aromatic carbocycles. The zero-order valence-electron chi connectivity index (χ0n) is 7.45. The Hall–Kier alpha value is -1.81. The minimum atomic E-state index is -1.15. The van der Waals surface area contributed by atoms with Crippen molar-refractivity contribution in [2.24, 2.45) is 0 Å². The lowest BCUT2D eigenvalue weighted by Crippen LogP contribution is -2.10. The van der Waals surface area contributed by atoms with E-state index < -0.39 is 11.5 Å². The van der Waals surface area contributed by atoms with Gasteiger partial charge in [0, 0.05) is 11.5 Å². The monoisotopic (exact) mass is 223 g/mol. The van der Waals surface area contributed by atoms with Crippen molar-refractivity contribution in [2.75, 3.05) is 0 Å². The zero-order valence-corrected chi connectivity index (χ0v) is 8.21. The van der Waals surface area contributed by atoms with Crippen molar-refractivity contribution < 1.29 is 9.90 Å². The maximum absolute atomic E-state index is 11.2. The van der Waals surface area contributed by atoms with Crippen LogP contribution in [0.5, 0.6) is 0 Å². The number of para-hydroxylation sites is 1. The number of aromatic nitrogens is 1. The van der Waals surface area contributed by atoms with Crippen molar-refractivity contribution in [1.82, 2.24) is 4.98 Å². The Bertz CT molecular complexity index is 603. The molecular weight excluding hydrogens is 218 g/mol. The molecule has 0 aliphatic heterocycles. The number of H-pyrrole nitrogens is 1. The lowest BCUT2D eigenvalue weighted by atomic mass is 10.1.